The topological polar surface area (TPSA) is 90.4 Å². The van der Waals surface area contributed by atoms with Gasteiger partial charge in [0.1, 0.15) is 11.8 Å². The SMILES string of the molecule is C=CCN(C(=O)C1N([C@@H](CO)[C@@H](C)CC)C(=O)[C@@H]2[C@@H](C(=O)N(CC=C)c3ccccc3)[C@@H]3SC12CC3Br)c1ccc(OC)cc1. The highest BCUT2D eigenvalue weighted by atomic mass is 79.9. The zero-order valence-corrected chi connectivity index (χ0v) is 28.5. The van der Waals surface area contributed by atoms with Gasteiger partial charge in [0.15, 0.2) is 0 Å². The molecule has 0 radical (unpaired) electrons. The second kappa shape index (κ2) is 13.7. The third-order valence-electron chi connectivity index (χ3n) is 9.70. The van der Waals surface area contributed by atoms with Crippen molar-refractivity contribution in [1.82, 2.24) is 4.90 Å². The van der Waals surface area contributed by atoms with Crippen molar-refractivity contribution in [1.29, 1.82) is 0 Å². The Balaban J connectivity index is 1.63. The molecule has 0 aromatic heterocycles. The van der Waals surface area contributed by atoms with Gasteiger partial charge in [-0.15, -0.1) is 24.9 Å². The standard InChI is InChI=1S/C35H42BrN3O5S/c1-6-18-37(23-12-10-9-11-13-23)32(41)28-29-33(42)39(27(21-40)22(4)8-3)31(35(29)20-26(36)30(28)45-35)34(43)38(19-7-2)24-14-16-25(44-5)17-15-24/h6-7,9-17,22,26-31,40H,1-2,8,18-21H2,3-5H3/t22-,26?,27-,28+,29-,30+,31?,35?/m0/s1. The number of thioether (sulfide) groups is 1. The Bertz CT molecular complexity index is 1420. The van der Waals surface area contributed by atoms with E-state index in [1.807, 2.05) is 56.3 Å². The summed E-state index contributed by atoms with van der Waals surface area (Å²) in [4.78, 5) is 49.3. The Labute approximate surface area is 278 Å². The number of likely N-dealkylation sites (tertiary alicyclic amines) is 1. The van der Waals surface area contributed by atoms with E-state index in [0.717, 1.165) is 5.69 Å². The Morgan fingerprint density at radius 2 is 1.69 bits per heavy atom. The van der Waals surface area contributed by atoms with E-state index < -0.39 is 28.7 Å². The van der Waals surface area contributed by atoms with Crippen LogP contribution in [0, 0.1) is 17.8 Å². The fourth-order valence-corrected chi connectivity index (χ4v) is 11.0. The quantitative estimate of drug-likeness (QED) is 0.226. The molecule has 3 unspecified atom stereocenters. The van der Waals surface area contributed by atoms with Crippen molar-refractivity contribution in [3.63, 3.8) is 0 Å². The summed E-state index contributed by atoms with van der Waals surface area (Å²) in [6.07, 6.45) is 4.62. The summed E-state index contributed by atoms with van der Waals surface area (Å²) in [5, 5.41) is 10.5. The van der Waals surface area contributed by atoms with Gasteiger partial charge in [0.2, 0.25) is 11.8 Å². The molecule has 2 bridgehead atoms. The first-order chi connectivity index (χ1) is 21.7. The summed E-state index contributed by atoms with van der Waals surface area (Å²) in [5.74, 6) is -1.43. The number of aliphatic hydroxyl groups excluding tert-OH is 1. The van der Waals surface area contributed by atoms with Gasteiger partial charge >= 0.3 is 0 Å². The molecule has 2 aromatic rings. The molecular weight excluding hydrogens is 654 g/mol. The van der Waals surface area contributed by atoms with Crippen LogP contribution >= 0.6 is 27.7 Å². The van der Waals surface area contributed by atoms with E-state index in [1.165, 1.54) is 0 Å². The number of carbonyl (C=O) groups is 3. The van der Waals surface area contributed by atoms with Gasteiger partial charge in [0, 0.05) is 34.5 Å². The second-order valence-corrected chi connectivity index (χ2v) is 14.8. The van der Waals surface area contributed by atoms with Crippen molar-refractivity contribution in [3.05, 3.63) is 79.9 Å². The number of para-hydroxylation sites is 1. The van der Waals surface area contributed by atoms with Crippen molar-refractivity contribution in [2.24, 2.45) is 17.8 Å². The van der Waals surface area contributed by atoms with E-state index >= 15 is 0 Å². The predicted octanol–water partition coefficient (Wildman–Crippen LogP) is 5.31. The number of benzene rings is 2. The zero-order valence-electron chi connectivity index (χ0n) is 26.1. The van der Waals surface area contributed by atoms with Gasteiger partial charge in [-0.3, -0.25) is 14.4 Å². The summed E-state index contributed by atoms with van der Waals surface area (Å²) in [6.45, 7) is 12.0. The molecule has 1 N–H and O–H groups in total. The number of aliphatic hydroxyl groups is 1. The van der Waals surface area contributed by atoms with Crippen LogP contribution in [-0.4, -0.2) is 81.4 Å². The third kappa shape index (κ3) is 5.63. The maximum atomic E-state index is 15.0. The minimum atomic E-state index is -0.888. The predicted molar refractivity (Wildman–Crippen MR) is 184 cm³/mol. The van der Waals surface area contributed by atoms with Gasteiger partial charge in [0.25, 0.3) is 5.91 Å². The smallest absolute Gasteiger partial charge is 0.251 e. The molecule has 5 rings (SSSR count). The lowest BCUT2D eigenvalue weighted by atomic mass is 9.70. The molecule has 3 amide bonds. The number of anilines is 2. The molecule has 3 saturated heterocycles. The number of amides is 3. The van der Waals surface area contributed by atoms with Crippen LogP contribution in [0.5, 0.6) is 5.75 Å². The van der Waals surface area contributed by atoms with Crippen molar-refractivity contribution >= 4 is 56.8 Å². The maximum absolute atomic E-state index is 15.0. The number of rotatable bonds is 13. The van der Waals surface area contributed by atoms with Crippen LogP contribution in [0.2, 0.25) is 0 Å². The van der Waals surface area contributed by atoms with Gasteiger partial charge in [-0.1, -0.05) is 66.5 Å². The number of alkyl halides is 1. The fraction of sp³-hybridized carbons (Fsp3) is 0.457. The van der Waals surface area contributed by atoms with Crippen LogP contribution in [0.3, 0.4) is 0 Å². The first-order valence-corrected chi connectivity index (χ1v) is 17.3. The summed E-state index contributed by atoms with van der Waals surface area (Å²) in [6, 6.07) is 15.2. The van der Waals surface area contributed by atoms with Gasteiger partial charge < -0.3 is 24.5 Å². The lowest BCUT2D eigenvalue weighted by molar-refractivity contribution is -0.143. The number of fused-ring (bicyclic) bond motifs is 1. The largest absolute Gasteiger partial charge is 0.497 e. The number of ether oxygens (including phenoxy) is 1. The number of nitrogens with zero attached hydrogens (tertiary/aromatic N) is 3. The normalized spacial score (nSPS) is 27.9. The molecule has 1 spiro atoms. The van der Waals surface area contributed by atoms with Crippen LogP contribution < -0.4 is 14.5 Å². The van der Waals surface area contributed by atoms with E-state index in [2.05, 4.69) is 29.1 Å². The molecule has 240 valence electrons. The first-order valence-electron chi connectivity index (χ1n) is 15.5. The molecular formula is C35H42BrN3O5S. The molecule has 45 heavy (non-hydrogen) atoms. The molecule has 2 aromatic carbocycles. The highest BCUT2D eigenvalue weighted by Gasteiger charge is 2.76. The molecule has 8 nitrogen and oxygen atoms in total. The second-order valence-electron chi connectivity index (χ2n) is 12.1. The highest BCUT2D eigenvalue weighted by Crippen LogP contribution is 2.68. The van der Waals surface area contributed by atoms with Crippen LogP contribution in [0.1, 0.15) is 26.7 Å². The zero-order chi connectivity index (χ0) is 32.5. The van der Waals surface area contributed by atoms with Gasteiger partial charge in [-0.25, -0.2) is 0 Å². The minimum Gasteiger partial charge on any atom is -0.497 e. The molecule has 3 aliphatic rings. The number of carbonyl (C=O) groups excluding carboxylic acids is 3. The monoisotopic (exact) mass is 695 g/mol. The molecule has 0 saturated carbocycles. The van der Waals surface area contributed by atoms with Crippen LogP contribution in [-0.2, 0) is 14.4 Å². The lowest BCUT2D eigenvalue weighted by Gasteiger charge is -2.41. The molecule has 3 fully saturated rings. The summed E-state index contributed by atoms with van der Waals surface area (Å²) in [5.41, 5.74) is 1.38. The van der Waals surface area contributed by atoms with E-state index in [4.69, 9.17) is 4.74 Å². The van der Waals surface area contributed by atoms with Crippen molar-refractivity contribution < 1.29 is 24.2 Å². The third-order valence-corrected chi connectivity index (χ3v) is 12.9. The summed E-state index contributed by atoms with van der Waals surface area (Å²) >= 11 is 5.47. The molecule has 10 heteroatoms. The van der Waals surface area contributed by atoms with Crippen LogP contribution in [0.15, 0.2) is 79.9 Å². The number of halogens is 1. The average Bonchev–Trinajstić information content (AvgIpc) is 3.66. The lowest BCUT2D eigenvalue weighted by Crippen LogP contribution is -2.59. The first kappa shape index (κ1) is 33.3. The Hall–Kier alpha value is -3.08. The van der Waals surface area contributed by atoms with Gasteiger partial charge in [-0.05, 0) is 48.7 Å². The number of methoxy groups -OCH3 is 1. The van der Waals surface area contributed by atoms with Gasteiger partial charge in [0.05, 0.1) is 36.3 Å². The molecule has 0 aliphatic carbocycles. The molecule has 3 aliphatic heterocycles. The fourth-order valence-electron chi connectivity index (χ4n) is 7.40. The van der Waals surface area contributed by atoms with Crippen LogP contribution in [0.4, 0.5) is 11.4 Å². The van der Waals surface area contributed by atoms with Crippen LogP contribution in [0.25, 0.3) is 0 Å². The molecule has 3 heterocycles. The van der Waals surface area contributed by atoms with E-state index in [1.54, 1.807) is 57.9 Å². The van der Waals surface area contributed by atoms with Crippen molar-refractivity contribution in [2.45, 2.75) is 53.6 Å². The summed E-state index contributed by atoms with van der Waals surface area (Å²) < 4.78 is 4.48. The van der Waals surface area contributed by atoms with Gasteiger partial charge in [-0.2, -0.15) is 0 Å². The van der Waals surface area contributed by atoms with E-state index in [0.29, 0.717) is 30.8 Å². The number of hydrogen-bond donors (Lipinski definition) is 1. The highest BCUT2D eigenvalue weighted by molar-refractivity contribution is 9.09. The van der Waals surface area contributed by atoms with E-state index in [9.17, 15) is 19.5 Å². The van der Waals surface area contributed by atoms with Crippen molar-refractivity contribution in [2.75, 3.05) is 36.6 Å². The molecule has 8 atom stereocenters. The van der Waals surface area contributed by atoms with Crippen molar-refractivity contribution in [3.8, 4) is 5.75 Å². The van der Waals surface area contributed by atoms with E-state index in [-0.39, 0.29) is 46.9 Å². The Morgan fingerprint density at radius 1 is 1.09 bits per heavy atom. The Morgan fingerprint density at radius 3 is 2.24 bits per heavy atom. The maximum Gasteiger partial charge on any atom is 0.251 e. The number of hydrogen-bond acceptors (Lipinski definition) is 6. The Kier molecular flexibility index (Phi) is 10.2. The summed E-state index contributed by atoms with van der Waals surface area (Å²) in [7, 11) is 1.59. The minimum absolute atomic E-state index is 0.0731. The average molecular weight is 697 g/mol.